The van der Waals surface area contributed by atoms with E-state index in [-0.39, 0.29) is 11.9 Å². The van der Waals surface area contributed by atoms with Gasteiger partial charge in [0.05, 0.1) is 37.5 Å². The van der Waals surface area contributed by atoms with Gasteiger partial charge in [-0.2, -0.15) is 0 Å². The maximum absolute atomic E-state index is 12.1. The van der Waals surface area contributed by atoms with Crippen molar-refractivity contribution >= 4 is 29.0 Å². The highest BCUT2D eigenvalue weighted by molar-refractivity contribution is 6.15. The fraction of sp³-hybridized carbons (Fsp3) is 0.294. The second-order valence-corrected chi connectivity index (χ2v) is 5.72. The highest BCUT2D eigenvalue weighted by Crippen LogP contribution is 2.14. The normalized spacial score (nSPS) is 22.2. The molecule has 2 aliphatic heterocycles. The summed E-state index contributed by atoms with van der Waals surface area (Å²) in [7, 11) is 0. The predicted octanol–water partition coefficient (Wildman–Crippen LogP) is 0.462. The predicted molar refractivity (Wildman–Crippen MR) is 91.7 cm³/mol. The van der Waals surface area contributed by atoms with E-state index in [0.717, 1.165) is 16.6 Å². The van der Waals surface area contributed by atoms with Crippen LogP contribution in [0.3, 0.4) is 0 Å². The number of rotatable bonds is 2. The first-order valence-corrected chi connectivity index (χ1v) is 8.02. The third-order valence-corrected chi connectivity index (χ3v) is 3.84. The molecular formula is C17H17N5O3. The highest BCUT2D eigenvalue weighted by atomic mass is 16.5. The summed E-state index contributed by atoms with van der Waals surface area (Å²) >= 11 is 0. The van der Waals surface area contributed by atoms with Crippen molar-refractivity contribution in [1.29, 1.82) is 0 Å². The van der Waals surface area contributed by atoms with Crippen LogP contribution < -0.4 is 10.6 Å². The summed E-state index contributed by atoms with van der Waals surface area (Å²) in [6, 6.07) is 5.50. The Morgan fingerprint density at radius 3 is 2.64 bits per heavy atom. The van der Waals surface area contributed by atoms with E-state index in [0.29, 0.717) is 38.1 Å². The molecule has 2 aliphatic rings. The van der Waals surface area contributed by atoms with Crippen LogP contribution >= 0.6 is 0 Å². The molecule has 0 atom stereocenters. The Bertz CT molecular complexity index is 856. The molecule has 8 nitrogen and oxygen atoms in total. The van der Waals surface area contributed by atoms with Crippen molar-refractivity contribution in [3.8, 4) is 0 Å². The highest BCUT2D eigenvalue weighted by Gasteiger charge is 2.23. The number of aromatic nitrogens is 2. The van der Waals surface area contributed by atoms with Gasteiger partial charge in [0.1, 0.15) is 11.7 Å². The molecule has 3 heterocycles. The van der Waals surface area contributed by atoms with Gasteiger partial charge in [0.15, 0.2) is 0 Å². The SMILES string of the molecule is O=C1NC(=NC2COCCOC2)N/C1=C\c1ccc2nccnc2c1. The number of nitrogens with one attached hydrogen (secondary N) is 2. The molecule has 0 aliphatic carbocycles. The van der Waals surface area contributed by atoms with Gasteiger partial charge in [-0.1, -0.05) is 6.07 Å². The van der Waals surface area contributed by atoms with Crippen LogP contribution in [0.1, 0.15) is 5.56 Å². The van der Waals surface area contributed by atoms with Gasteiger partial charge >= 0.3 is 0 Å². The first-order valence-electron chi connectivity index (χ1n) is 8.02. The molecule has 2 saturated heterocycles. The molecular weight excluding hydrogens is 322 g/mol. The summed E-state index contributed by atoms with van der Waals surface area (Å²) in [5.74, 6) is 0.185. The van der Waals surface area contributed by atoms with E-state index in [2.05, 4.69) is 25.6 Å². The molecule has 2 N–H and O–H groups in total. The molecule has 25 heavy (non-hydrogen) atoms. The van der Waals surface area contributed by atoms with Crippen molar-refractivity contribution in [2.45, 2.75) is 6.04 Å². The lowest BCUT2D eigenvalue weighted by molar-refractivity contribution is -0.115. The number of carbonyl (C=O) groups excluding carboxylic acids is 1. The van der Waals surface area contributed by atoms with E-state index >= 15 is 0 Å². The molecule has 1 aromatic heterocycles. The number of ether oxygens (including phenoxy) is 2. The van der Waals surface area contributed by atoms with E-state index < -0.39 is 0 Å². The van der Waals surface area contributed by atoms with Crippen LogP contribution in [-0.2, 0) is 14.3 Å². The quantitative estimate of drug-likeness (QED) is 0.772. The van der Waals surface area contributed by atoms with Gasteiger partial charge in [-0.05, 0) is 23.8 Å². The summed E-state index contributed by atoms with van der Waals surface area (Å²) in [4.78, 5) is 25.1. The molecule has 0 spiro atoms. The molecule has 8 heteroatoms. The minimum absolute atomic E-state index is 0.138. The lowest BCUT2D eigenvalue weighted by Crippen LogP contribution is -2.29. The zero-order valence-electron chi connectivity index (χ0n) is 13.4. The molecule has 0 saturated carbocycles. The van der Waals surface area contributed by atoms with Crippen LogP contribution in [0.25, 0.3) is 17.1 Å². The Kier molecular flexibility index (Phi) is 4.36. The maximum Gasteiger partial charge on any atom is 0.274 e. The molecule has 0 radical (unpaired) electrons. The van der Waals surface area contributed by atoms with E-state index in [1.807, 2.05) is 18.2 Å². The maximum atomic E-state index is 12.1. The minimum Gasteiger partial charge on any atom is -0.377 e. The smallest absolute Gasteiger partial charge is 0.274 e. The number of aliphatic imine (C=N–C) groups is 1. The van der Waals surface area contributed by atoms with E-state index in [4.69, 9.17) is 9.47 Å². The van der Waals surface area contributed by atoms with Crippen molar-refractivity contribution in [3.05, 3.63) is 41.9 Å². The topological polar surface area (TPSA) is 97.7 Å². The summed E-state index contributed by atoms with van der Waals surface area (Å²) in [6.45, 7) is 2.08. The lowest BCUT2D eigenvalue weighted by Gasteiger charge is -2.08. The number of hydrogen-bond donors (Lipinski definition) is 2. The second-order valence-electron chi connectivity index (χ2n) is 5.72. The zero-order chi connectivity index (χ0) is 17.1. The van der Waals surface area contributed by atoms with Gasteiger partial charge in [0.25, 0.3) is 5.91 Å². The molecule has 0 unspecified atom stereocenters. The van der Waals surface area contributed by atoms with E-state index in [9.17, 15) is 4.79 Å². The van der Waals surface area contributed by atoms with Crippen molar-refractivity contribution in [3.63, 3.8) is 0 Å². The van der Waals surface area contributed by atoms with Gasteiger partial charge in [-0.25, -0.2) is 4.99 Å². The lowest BCUT2D eigenvalue weighted by atomic mass is 10.1. The molecule has 1 aromatic carbocycles. The van der Waals surface area contributed by atoms with Crippen LogP contribution in [0.2, 0.25) is 0 Å². The second kappa shape index (κ2) is 6.96. The van der Waals surface area contributed by atoms with E-state index in [1.165, 1.54) is 0 Å². The Labute approximate surface area is 144 Å². The molecule has 4 rings (SSSR count). The number of hydrogen-bond acceptors (Lipinski definition) is 6. The molecule has 128 valence electrons. The van der Waals surface area contributed by atoms with Gasteiger partial charge in [0, 0.05) is 12.4 Å². The summed E-state index contributed by atoms with van der Waals surface area (Å²) in [5, 5.41) is 5.73. The van der Waals surface area contributed by atoms with Gasteiger partial charge < -0.3 is 14.8 Å². The Morgan fingerprint density at radius 1 is 1.08 bits per heavy atom. The van der Waals surface area contributed by atoms with Crippen molar-refractivity contribution in [2.75, 3.05) is 26.4 Å². The summed E-state index contributed by atoms with van der Waals surface area (Å²) < 4.78 is 10.8. The van der Waals surface area contributed by atoms with Crippen molar-refractivity contribution in [2.24, 2.45) is 4.99 Å². The largest absolute Gasteiger partial charge is 0.377 e. The molecule has 2 fully saturated rings. The van der Waals surface area contributed by atoms with Crippen LogP contribution in [0, 0.1) is 0 Å². The first kappa shape index (κ1) is 15.7. The number of carbonyl (C=O) groups is 1. The van der Waals surface area contributed by atoms with Gasteiger partial charge in [-0.3, -0.25) is 20.1 Å². The average Bonchev–Trinajstić information content (AvgIpc) is 2.82. The van der Waals surface area contributed by atoms with Gasteiger partial charge in [-0.15, -0.1) is 0 Å². The third kappa shape index (κ3) is 3.65. The standard InChI is InChI=1S/C17H17N5O3/c23-16-15(8-11-1-2-13-14(7-11)19-4-3-18-13)21-17(22-16)20-12-9-24-5-6-25-10-12/h1-4,7-8,12H,5-6,9-10H2,(H2,20,21,22,23)/b15-8-. The number of benzene rings is 1. The molecule has 1 amide bonds. The average molecular weight is 339 g/mol. The van der Waals surface area contributed by atoms with Gasteiger partial charge in [0.2, 0.25) is 5.96 Å². The Balaban J connectivity index is 1.53. The Hall–Kier alpha value is -2.84. The Morgan fingerprint density at radius 2 is 1.84 bits per heavy atom. The number of fused-ring (bicyclic) bond motifs is 1. The molecule has 2 aromatic rings. The number of nitrogens with zero attached hydrogens (tertiary/aromatic N) is 3. The van der Waals surface area contributed by atoms with Crippen LogP contribution in [0.15, 0.2) is 41.3 Å². The fourth-order valence-corrected chi connectivity index (χ4v) is 2.66. The van der Waals surface area contributed by atoms with Crippen molar-refractivity contribution < 1.29 is 14.3 Å². The number of amides is 1. The zero-order valence-corrected chi connectivity index (χ0v) is 13.4. The van der Waals surface area contributed by atoms with Crippen LogP contribution in [-0.4, -0.2) is 54.3 Å². The van der Waals surface area contributed by atoms with Crippen molar-refractivity contribution in [1.82, 2.24) is 20.6 Å². The fourth-order valence-electron chi connectivity index (χ4n) is 2.66. The molecule has 0 bridgehead atoms. The third-order valence-electron chi connectivity index (χ3n) is 3.84. The van der Waals surface area contributed by atoms with E-state index in [1.54, 1.807) is 18.5 Å². The number of guanidine groups is 1. The monoisotopic (exact) mass is 339 g/mol. The van der Waals surface area contributed by atoms with Crippen LogP contribution in [0.5, 0.6) is 0 Å². The summed E-state index contributed by atoms with van der Waals surface area (Å²) in [5.41, 5.74) is 2.87. The van der Waals surface area contributed by atoms with Crippen LogP contribution in [0.4, 0.5) is 0 Å². The summed E-state index contributed by atoms with van der Waals surface area (Å²) in [6.07, 6.45) is 5.05. The first-order chi connectivity index (χ1) is 12.3. The minimum atomic E-state index is -0.228.